The highest BCUT2D eigenvalue weighted by Crippen LogP contribution is 2.30. The summed E-state index contributed by atoms with van der Waals surface area (Å²) < 4.78 is 3.14. The quantitative estimate of drug-likeness (QED) is 0.334. The zero-order valence-corrected chi connectivity index (χ0v) is 17.5. The second-order valence-corrected chi connectivity index (χ2v) is 8.13. The maximum Gasteiger partial charge on any atom is 0.229 e. The Morgan fingerprint density at radius 2 is 2.28 bits per heavy atom. The summed E-state index contributed by atoms with van der Waals surface area (Å²) in [7, 11) is 3.95. The highest BCUT2D eigenvalue weighted by Gasteiger charge is 2.17. The predicted octanol–water partition coefficient (Wildman–Crippen LogP) is 1.77. The van der Waals surface area contributed by atoms with Crippen molar-refractivity contribution in [2.75, 3.05) is 13.6 Å². The van der Waals surface area contributed by atoms with E-state index in [1.807, 2.05) is 44.5 Å². The molecule has 29 heavy (non-hydrogen) atoms. The molecule has 0 saturated heterocycles. The second-order valence-electron chi connectivity index (χ2n) is 7.05. The van der Waals surface area contributed by atoms with E-state index in [1.165, 1.54) is 5.01 Å². The molecular weight excluding hydrogens is 388 g/mol. The number of amides is 1. The third-order valence-corrected chi connectivity index (χ3v) is 6.11. The molecule has 0 spiro atoms. The van der Waals surface area contributed by atoms with E-state index in [4.69, 9.17) is 4.98 Å². The lowest BCUT2D eigenvalue weighted by molar-refractivity contribution is -0.118. The van der Waals surface area contributed by atoms with Gasteiger partial charge in [-0.3, -0.25) is 9.89 Å². The molecule has 3 aromatic rings. The van der Waals surface area contributed by atoms with Gasteiger partial charge in [0, 0.05) is 56.8 Å². The summed E-state index contributed by atoms with van der Waals surface area (Å²) in [4.78, 5) is 16.2. The number of rotatable bonds is 8. The van der Waals surface area contributed by atoms with Gasteiger partial charge in [-0.05, 0) is 25.5 Å². The minimum absolute atomic E-state index is 0.217. The van der Waals surface area contributed by atoms with Crippen molar-refractivity contribution in [2.24, 2.45) is 12.1 Å². The summed E-state index contributed by atoms with van der Waals surface area (Å²) in [5.41, 5.74) is 7.24. The number of aryl methyl sites for hydroxylation is 1. The number of aromatic amines is 1. The van der Waals surface area contributed by atoms with E-state index < -0.39 is 0 Å². The Kier molecular flexibility index (Phi) is 5.45. The summed E-state index contributed by atoms with van der Waals surface area (Å²) >= 11 is 1.64. The Morgan fingerprint density at radius 3 is 2.97 bits per heavy atom. The summed E-state index contributed by atoms with van der Waals surface area (Å²) in [6, 6.07) is 2.17. The van der Waals surface area contributed by atoms with E-state index in [0.717, 1.165) is 45.1 Å². The van der Waals surface area contributed by atoms with Crippen LogP contribution in [-0.2, 0) is 18.3 Å². The van der Waals surface area contributed by atoms with Crippen LogP contribution in [0.15, 0.2) is 29.6 Å². The van der Waals surface area contributed by atoms with Gasteiger partial charge in [0.25, 0.3) is 0 Å². The van der Waals surface area contributed by atoms with Gasteiger partial charge < -0.3 is 9.58 Å². The third kappa shape index (κ3) is 4.08. The maximum absolute atomic E-state index is 11.5. The van der Waals surface area contributed by atoms with Crippen LogP contribution in [0.25, 0.3) is 10.3 Å². The first-order chi connectivity index (χ1) is 14.0. The lowest BCUT2D eigenvalue weighted by Gasteiger charge is -2.17. The van der Waals surface area contributed by atoms with Crippen molar-refractivity contribution in [1.29, 1.82) is 0 Å². The molecule has 2 N–H and O–H groups in total. The van der Waals surface area contributed by atoms with Crippen molar-refractivity contribution in [3.05, 3.63) is 46.5 Å². The number of thiazole rings is 1. The van der Waals surface area contributed by atoms with Gasteiger partial charge in [-0.15, -0.1) is 11.3 Å². The van der Waals surface area contributed by atoms with Gasteiger partial charge in [-0.2, -0.15) is 10.2 Å². The number of carbonyl (C=O) groups excluding carboxylic acids is 1. The molecule has 0 fully saturated rings. The Labute approximate surface area is 172 Å². The topological polar surface area (TPSA) is 94.4 Å². The lowest BCUT2D eigenvalue weighted by atomic mass is 10.2. The van der Waals surface area contributed by atoms with Crippen molar-refractivity contribution < 1.29 is 4.79 Å². The number of hydrazine groups is 1. The first-order valence-corrected chi connectivity index (χ1v) is 10.2. The summed E-state index contributed by atoms with van der Waals surface area (Å²) in [6.45, 7) is 2.58. The van der Waals surface area contributed by atoms with Crippen LogP contribution in [0.3, 0.4) is 0 Å². The molecule has 0 saturated carbocycles. The van der Waals surface area contributed by atoms with E-state index in [-0.39, 0.29) is 6.04 Å². The van der Waals surface area contributed by atoms with Crippen LogP contribution in [0.4, 0.5) is 0 Å². The highest BCUT2D eigenvalue weighted by atomic mass is 32.1. The van der Waals surface area contributed by atoms with Crippen LogP contribution in [0.2, 0.25) is 0 Å². The number of aromatic nitrogens is 4. The molecule has 152 valence electrons. The summed E-state index contributed by atoms with van der Waals surface area (Å²) in [5, 5.41) is 15.8. The number of hydrogen-bond donors (Lipinski definition) is 2. The Bertz CT molecular complexity index is 1050. The van der Waals surface area contributed by atoms with Gasteiger partial charge in [0.05, 0.1) is 16.6 Å². The fourth-order valence-electron chi connectivity index (χ4n) is 3.32. The Hall–Kier alpha value is -2.98. The normalized spacial score (nSPS) is 16.5. The molecule has 1 aliphatic rings. The minimum atomic E-state index is 0.217. The smallest absolute Gasteiger partial charge is 0.229 e. The molecule has 1 unspecified atom stereocenters. The van der Waals surface area contributed by atoms with Gasteiger partial charge in [-0.25, -0.2) is 15.4 Å². The highest BCUT2D eigenvalue weighted by molar-refractivity contribution is 7.19. The molecule has 0 aliphatic carbocycles. The van der Waals surface area contributed by atoms with E-state index in [1.54, 1.807) is 17.6 Å². The van der Waals surface area contributed by atoms with Gasteiger partial charge >= 0.3 is 0 Å². The molecule has 1 atom stereocenters. The molecule has 0 bridgehead atoms. The molecule has 9 nitrogen and oxygen atoms in total. The van der Waals surface area contributed by atoms with Gasteiger partial charge in [-0.1, -0.05) is 0 Å². The van der Waals surface area contributed by atoms with Crippen LogP contribution < -0.4 is 5.43 Å². The molecule has 1 amide bonds. The molecule has 10 heteroatoms. The van der Waals surface area contributed by atoms with Crippen LogP contribution in [0.5, 0.6) is 0 Å². The average Bonchev–Trinajstić information content (AvgIpc) is 3.48. The molecule has 3 aromatic heterocycles. The SMILES string of the molecule is Cc1c(/C=N\N(C=O)CCC2C=CN(C)N2)c2sc(Cc3cc[nH]n3)nc2n1C. The van der Waals surface area contributed by atoms with Crippen molar-refractivity contribution in [2.45, 2.75) is 25.8 Å². The number of nitrogens with one attached hydrogen (secondary N) is 2. The zero-order chi connectivity index (χ0) is 20.4. The summed E-state index contributed by atoms with van der Waals surface area (Å²) in [5.74, 6) is 0. The number of fused-ring (bicyclic) bond motifs is 1. The standard InChI is InChI=1S/C19H24N8OS/c1-13-16(11-21-27(12-28)9-6-14-5-8-25(2)24-14)18-19(26(13)3)22-17(29-18)10-15-4-7-20-23-15/h4-5,7-8,11-12,14,24H,6,9-10H2,1-3H3,(H,20,23)/b21-11-. The first-order valence-electron chi connectivity index (χ1n) is 9.41. The van der Waals surface area contributed by atoms with Gasteiger partial charge in [0.1, 0.15) is 5.01 Å². The second kappa shape index (κ2) is 8.18. The Balaban J connectivity index is 1.50. The fraction of sp³-hybridized carbons (Fsp3) is 0.368. The summed E-state index contributed by atoms with van der Waals surface area (Å²) in [6.07, 6.45) is 9.89. The number of carbonyl (C=O) groups is 1. The van der Waals surface area contributed by atoms with Crippen LogP contribution in [-0.4, -0.2) is 62.0 Å². The van der Waals surface area contributed by atoms with Gasteiger partial charge in [0.15, 0.2) is 5.65 Å². The van der Waals surface area contributed by atoms with Crippen LogP contribution >= 0.6 is 11.3 Å². The van der Waals surface area contributed by atoms with E-state index in [2.05, 4.69) is 31.4 Å². The predicted molar refractivity (Wildman–Crippen MR) is 114 cm³/mol. The maximum atomic E-state index is 11.5. The molecule has 4 rings (SSSR count). The number of nitrogens with zero attached hydrogens (tertiary/aromatic N) is 6. The largest absolute Gasteiger partial charge is 0.332 e. The molecule has 0 radical (unpaired) electrons. The lowest BCUT2D eigenvalue weighted by Crippen LogP contribution is -2.34. The number of H-pyrrole nitrogens is 1. The van der Waals surface area contributed by atoms with Crippen molar-refractivity contribution >= 4 is 34.3 Å². The molecule has 4 heterocycles. The minimum Gasteiger partial charge on any atom is -0.332 e. The molecule has 0 aromatic carbocycles. The molecule has 1 aliphatic heterocycles. The molecular formula is C19H24N8OS. The first kappa shape index (κ1) is 19.3. The average molecular weight is 413 g/mol. The van der Waals surface area contributed by atoms with Crippen LogP contribution in [0, 0.1) is 6.92 Å². The fourth-order valence-corrected chi connectivity index (χ4v) is 4.49. The zero-order valence-electron chi connectivity index (χ0n) is 16.7. The number of hydrogen-bond acceptors (Lipinski definition) is 7. The van der Waals surface area contributed by atoms with Crippen molar-refractivity contribution in [3.63, 3.8) is 0 Å². The number of hydrazone groups is 1. The monoisotopic (exact) mass is 412 g/mol. The third-order valence-electron chi connectivity index (χ3n) is 5.04. The van der Waals surface area contributed by atoms with Crippen LogP contribution in [0.1, 0.15) is 28.4 Å². The van der Waals surface area contributed by atoms with E-state index >= 15 is 0 Å². The van der Waals surface area contributed by atoms with Crippen molar-refractivity contribution in [3.8, 4) is 0 Å². The van der Waals surface area contributed by atoms with E-state index in [9.17, 15) is 4.79 Å². The van der Waals surface area contributed by atoms with Crippen molar-refractivity contribution in [1.82, 2.24) is 35.2 Å². The van der Waals surface area contributed by atoms with Gasteiger partial charge in [0.2, 0.25) is 6.41 Å². The Morgan fingerprint density at radius 1 is 1.41 bits per heavy atom. The van der Waals surface area contributed by atoms with E-state index in [0.29, 0.717) is 13.0 Å².